The van der Waals surface area contributed by atoms with Crippen LogP contribution in [-0.2, 0) is 6.42 Å². The fraction of sp³-hybridized carbons (Fsp3) is 0.0714. The highest BCUT2D eigenvalue weighted by atomic mass is 79.9. The number of Topliss-reactive ketones (excluding diaryl/α,β-unsaturated/α-hetero) is 1. The van der Waals surface area contributed by atoms with Crippen LogP contribution in [-0.4, -0.2) is 5.78 Å². The Morgan fingerprint density at radius 3 is 2.58 bits per heavy atom. The van der Waals surface area contributed by atoms with Crippen molar-refractivity contribution >= 4 is 33.3 Å². The van der Waals surface area contributed by atoms with E-state index in [1.165, 1.54) is 24.3 Å². The number of hydrogen-bond acceptors (Lipinski definition) is 1. The minimum absolute atomic E-state index is 0.0550. The standard InChI is InChI=1S/C14H8BrClF2O/c15-14-8(2-1-3-11(14)17)6-13(19)10-5-4-9(16)7-12(10)18/h1-5,7H,6H2. The first-order valence-corrected chi connectivity index (χ1v) is 6.57. The van der Waals surface area contributed by atoms with E-state index < -0.39 is 17.4 Å². The molecule has 0 aromatic heterocycles. The van der Waals surface area contributed by atoms with Gasteiger partial charge in [0.2, 0.25) is 0 Å². The lowest BCUT2D eigenvalue weighted by atomic mass is 10.0. The summed E-state index contributed by atoms with van der Waals surface area (Å²) in [4.78, 5) is 12.0. The van der Waals surface area contributed by atoms with Gasteiger partial charge in [-0.3, -0.25) is 4.79 Å². The molecule has 2 aromatic rings. The molecule has 98 valence electrons. The number of ketones is 1. The Bertz CT molecular complexity index is 643. The monoisotopic (exact) mass is 344 g/mol. The van der Waals surface area contributed by atoms with Gasteiger partial charge in [-0.2, -0.15) is 0 Å². The molecule has 19 heavy (non-hydrogen) atoms. The topological polar surface area (TPSA) is 17.1 Å². The maximum absolute atomic E-state index is 13.6. The Labute approximate surface area is 122 Å². The highest BCUT2D eigenvalue weighted by molar-refractivity contribution is 9.10. The van der Waals surface area contributed by atoms with Gasteiger partial charge in [-0.15, -0.1) is 0 Å². The molecule has 5 heteroatoms. The second-order valence-corrected chi connectivity index (χ2v) is 5.17. The Morgan fingerprint density at radius 1 is 1.16 bits per heavy atom. The van der Waals surface area contributed by atoms with Crippen molar-refractivity contribution in [3.8, 4) is 0 Å². The molecule has 2 aromatic carbocycles. The Kier molecular flexibility index (Phi) is 4.32. The van der Waals surface area contributed by atoms with E-state index in [0.29, 0.717) is 5.56 Å². The molecular weight excluding hydrogens is 338 g/mol. The molecule has 0 spiro atoms. The fourth-order valence-corrected chi connectivity index (χ4v) is 2.23. The lowest BCUT2D eigenvalue weighted by Gasteiger charge is -2.06. The molecule has 0 fully saturated rings. The first kappa shape index (κ1) is 14.2. The van der Waals surface area contributed by atoms with E-state index in [2.05, 4.69) is 15.9 Å². The lowest BCUT2D eigenvalue weighted by Crippen LogP contribution is -2.07. The number of carbonyl (C=O) groups excluding carboxylic acids is 1. The van der Waals surface area contributed by atoms with E-state index in [1.807, 2.05) is 0 Å². The summed E-state index contributed by atoms with van der Waals surface area (Å²) in [5.41, 5.74) is 0.417. The van der Waals surface area contributed by atoms with Crippen LogP contribution in [0.3, 0.4) is 0 Å². The summed E-state index contributed by atoms with van der Waals surface area (Å²) >= 11 is 8.69. The molecule has 0 saturated heterocycles. The van der Waals surface area contributed by atoms with E-state index in [0.717, 1.165) is 6.07 Å². The lowest BCUT2D eigenvalue weighted by molar-refractivity contribution is 0.0989. The van der Waals surface area contributed by atoms with Crippen LogP contribution in [0, 0.1) is 11.6 Å². The second-order valence-electron chi connectivity index (χ2n) is 3.94. The van der Waals surface area contributed by atoms with Crippen LogP contribution in [0.2, 0.25) is 5.02 Å². The molecule has 0 amide bonds. The summed E-state index contributed by atoms with van der Waals surface area (Å²) in [6.45, 7) is 0. The van der Waals surface area contributed by atoms with Gasteiger partial charge >= 0.3 is 0 Å². The number of halogens is 4. The first-order valence-electron chi connectivity index (χ1n) is 5.40. The van der Waals surface area contributed by atoms with Crippen LogP contribution in [0.1, 0.15) is 15.9 Å². The highest BCUT2D eigenvalue weighted by Gasteiger charge is 2.15. The SMILES string of the molecule is O=C(Cc1cccc(F)c1Br)c1ccc(Cl)cc1F. The zero-order valence-electron chi connectivity index (χ0n) is 9.59. The van der Waals surface area contributed by atoms with Crippen LogP contribution in [0.5, 0.6) is 0 Å². The molecule has 2 rings (SSSR count). The van der Waals surface area contributed by atoms with Crippen molar-refractivity contribution in [1.82, 2.24) is 0 Å². The van der Waals surface area contributed by atoms with Gasteiger partial charge < -0.3 is 0 Å². The first-order chi connectivity index (χ1) is 8.99. The van der Waals surface area contributed by atoms with E-state index in [4.69, 9.17) is 11.6 Å². The van der Waals surface area contributed by atoms with Gasteiger partial charge in [0, 0.05) is 11.4 Å². The van der Waals surface area contributed by atoms with Gasteiger partial charge in [-0.1, -0.05) is 23.7 Å². The summed E-state index contributed by atoms with van der Waals surface area (Å²) in [6.07, 6.45) is -0.0864. The highest BCUT2D eigenvalue weighted by Crippen LogP contribution is 2.23. The van der Waals surface area contributed by atoms with Crippen LogP contribution >= 0.6 is 27.5 Å². The predicted octanol–water partition coefficient (Wildman–Crippen LogP) is 4.81. The molecule has 1 nitrogen and oxygen atoms in total. The summed E-state index contributed by atoms with van der Waals surface area (Å²) in [6, 6.07) is 8.24. The Hall–Kier alpha value is -1.26. The van der Waals surface area contributed by atoms with E-state index >= 15 is 0 Å². The van der Waals surface area contributed by atoms with Gasteiger partial charge in [0.1, 0.15) is 11.6 Å². The number of carbonyl (C=O) groups is 1. The van der Waals surface area contributed by atoms with Crippen LogP contribution in [0.15, 0.2) is 40.9 Å². The molecule has 0 saturated carbocycles. The van der Waals surface area contributed by atoms with Crippen molar-refractivity contribution in [1.29, 1.82) is 0 Å². The molecule has 0 unspecified atom stereocenters. The van der Waals surface area contributed by atoms with Crippen molar-refractivity contribution in [3.63, 3.8) is 0 Å². The molecule has 0 radical (unpaired) electrons. The average Bonchev–Trinajstić information content (AvgIpc) is 2.34. The Morgan fingerprint density at radius 2 is 1.89 bits per heavy atom. The molecule has 0 bridgehead atoms. The molecule has 0 heterocycles. The van der Waals surface area contributed by atoms with E-state index in [-0.39, 0.29) is 21.5 Å². The number of rotatable bonds is 3. The van der Waals surface area contributed by atoms with Crippen LogP contribution in [0.4, 0.5) is 8.78 Å². The third-order valence-corrected chi connectivity index (χ3v) is 3.74. The van der Waals surface area contributed by atoms with Crippen LogP contribution < -0.4 is 0 Å². The van der Waals surface area contributed by atoms with Gasteiger partial charge in [-0.25, -0.2) is 8.78 Å². The smallest absolute Gasteiger partial charge is 0.170 e. The zero-order chi connectivity index (χ0) is 14.0. The van der Waals surface area contributed by atoms with Gasteiger partial charge in [-0.05, 0) is 45.8 Å². The number of hydrogen-bond donors (Lipinski definition) is 0. The van der Waals surface area contributed by atoms with Crippen molar-refractivity contribution in [2.45, 2.75) is 6.42 Å². The van der Waals surface area contributed by atoms with Crippen molar-refractivity contribution in [2.24, 2.45) is 0 Å². The maximum Gasteiger partial charge on any atom is 0.170 e. The zero-order valence-corrected chi connectivity index (χ0v) is 11.9. The normalized spacial score (nSPS) is 10.5. The second kappa shape index (κ2) is 5.80. The van der Waals surface area contributed by atoms with Crippen molar-refractivity contribution < 1.29 is 13.6 Å². The molecule has 0 aliphatic heterocycles. The minimum atomic E-state index is -0.676. The van der Waals surface area contributed by atoms with Gasteiger partial charge in [0.25, 0.3) is 0 Å². The van der Waals surface area contributed by atoms with Crippen molar-refractivity contribution in [2.75, 3.05) is 0 Å². The molecular formula is C14H8BrClF2O. The van der Waals surface area contributed by atoms with E-state index in [9.17, 15) is 13.6 Å². The summed E-state index contributed by atoms with van der Waals surface area (Å²) in [5, 5.41) is 0.223. The number of benzene rings is 2. The van der Waals surface area contributed by atoms with Gasteiger partial charge in [0.15, 0.2) is 5.78 Å². The largest absolute Gasteiger partial charge is 0.294 e. The predicted molar refractivity (Wildman–Crippen MR) is 73.5 cm³/mol. The van der Waals surface area contributed by atoms with Crippen molar-refractivity contribution in [3.05, 3.63) is 68.7 Å². The van der Waals surface area contributed by atoms with Gasteiger partial charge in [0.05, 0.1) is 10.0 Å². The molecule has 0 aliphatic rings. The maximum atomic E-state index is 13.6. The summed E-state index contributed by atoms with van der Waals surface area (Å²) < 4.78 is 27.1. The summed E-state index contributed by atoms with van der Waals surface area (Å²) in [5.74, 6) is -1.56. The van der Waals surface area contributed by atoms with E-state index in [1.54, 1.807) is 6.07 Å². The quantitative estimate of drug-likeness (QED) is 0.730. The Balaban J connectivity index is 2.28. The molecule has 0 N–H and O–H groups in total. The third kappa shape index (κ3) is 3.19. The average molecular weight is 346 g/mol. The fourth-order valence-electron chi connectivity index (χ4n) is 1.67. The minimum Gasteiger partial charge on any atom is -0.294 e. The molecule has 0 atom stereocenters. The van der Waals surface area contributed by atoms with Crippen LogP contribution in [0.25, 0.3) is 0 Å². The molecule has 0 aliphatic carbocycles. The summed E-state index contributed by atoms with van der Waals surface area (Å²) in [7, 11) is 0. The third-order valence-electron chi connectivity index (χ3n) is 2.61.